The molecule has 0 spiro atoms. The van der Waals surface area contributed by atoms with E-state index in [1.54, 1.807) is 12.1 Å². The molecule has 32 heavy (non-hydrogen) atoms. The Morgan fingerprint density at radius 2 is 1.69 bits per heavy atom. The fourth-order valence-electron chi connectivity index (χ4n) is 4.40. The fraction of sp³-hybridized carbons (Fsp3) is 0.480. The molecule has 2 N–H and O–H groups in total. The highest BCUT2D eigenvalue weighted by molar-refractivity contribution is 7.89. The Morgan fingerprint density at radius 1 is 1.03 bits per heavy atom. The van der Waals surface area contributed by atoms with Crippen LogP contribution >= 0.6 is 11.6 Å². The van der Waals surface area contributed by atoms with Crippen molar-refractivity contribution >= 4 is 27.6 Å². The largest absolute Gasteiger partial charge is 0.481 e. The Balaban J connectivity index is 1.73. The molecule has 2 aromatic rings. The topological polar surface area (TPSA) is 83.5 Å². The maximum absolute atomic E-state index is 13.0. The smallest absolute Gasteiger partial charge is 0.303 e. The summed E-state index contributed by atoms with van der Waals surface area (Å²) in [6, 6.07) is 13.8. The molecule has 3 rings (SSSR count). The van der Waals surface area contributed by atoms with Crippen LogP contribution < -0.4 is 4.72 Å². The number of rotatable bonds is 11. The normalized spacial score (nSPS) is 16.0. The van der Waals surface area contributed by atoms with Gasteiger partial charge in [-0.2, -0.15) is 0 Å². The maximum atomic E-state index is 13.0. The van der Waals surface area contributed by atoms with E-state index in [1.165, 1.54) is 44.2 Å². The minimum absolute atomic E-state index is 0.145. The van der Waals surface area contributed by atoms with Crippen LogP contribution in [0.2, 0.25) is 5.02 Å². The summed E-state index contributed by atoms with van der Waals surface area (Å²) in [6.07, 6.45) is 9.42. The van der Waals surface area contributed by atoms with E-state index in [-0.39, 0.29) is 17.4 Å². The molecule has 0 saturated heterocycles. The third-order valence-corrected chi connectivity index (χ3v) is 7.99. The van der Waals surface area contributed by atoms with E-state index in [2.05, 4.69) is 4.72 Å². The summed E-state index contributed by atoms with van der Waals surface area (Å²) < 4.78 is 29.0. The Morgan fingerprint density at radius 3 is 2.31 bits per heavy atom. The van der Waals surface area contributed by atoms with E-state index in [1.807, 2.05) is 24.3 Å². The van der Waals surface area contributed by atoms with Gasteiger partial charge in [0.15, 0.2) is 0 Å². The summed E-state index contributed by atoms with van der Waals surface area (Å²) in [4.78, 5) is 10.9. The van der Waals surface area contributed by atoms with Gasteiger partial charge in [0.2, 0.25) is 10.0 Å². The van der Waals surface area contributed by atoms with Gasteiger partial charge >= 0.3 is 5.97 Å². The number of carbonyl (C=O) groups is 1. The number of carboxylic acid groups (broad SMARTS) is 1. The molecule has 174 valence electrons. The van der Waals surface area contributed by atoms with Crippen LogP contribution in [0.1, 0.15) is 75.0 Å². The first-order chi connectivity index (χ1) is 15.3. The molecule has 0 aromatic heterocycles. The molecular formula is C25H32ClNO4S. The lowest BCUT2D eigenvalue weighted by atomic mass is 9.84. The minimum Gasteiger partial charge on any atom is -0.481 e. The zero-order valence-electron chi connectivity index (χ0n) is 18.3. The number of hydrogen-bond acceptors (Lipinski definition) is 3. The van der Waals surface area contributed by atoms with Crippen LogP contribution in [0.15, 0.2) is 53.4 Å². The van der Waals surface area contributed by atoms with Gasteiger partial charge in [0, 0.05) is 17.5 Å². The Labute approximate surface area is 196 Å². The van der Waals surface area contributed by atoms with Crippen molar-refractivity contribution in [2.45, 2.75) is 75.1 Å². The SMILES string of the molecule is O=C(O)CCCc1ccc(C(CCC2CCCCC2)NS(=O)(=O)c2ccc(Cl)cc2)cc1. The molecule has 1 unspecified atom stereocenters. The van der Waals surface area contributed by atoms with Gasteiger partial charge in [-0.05, 0) is 67.0 Å². The van der Waals surface area contributed by atoms with E-state index in [0.29, 0.717) is 23.8 Å². The summed E-state index contributed by atoms with van der Waals surface area (Å²) in [5.74, 6) is -0.136. The second kappa shape index (κ2) is 11.8. The predicted octanol–water partition coefficient (Wildman–Crippen LogP) is 6.13. The van der Waals surface area contributed by atoms with Crippen molar-refractivity contribution in [2.24, 2.45) is 5.92 Å². The molecule has 1 aliphatic carbocycles. The van der Waals surface area contributed by atoms with Crippen molar-refractivity contribution in [3.05, 3.63) is 64.7 Å². The Kier molecular flexibility index (Phi) is 9.14. The molecule has 7 heteroatoms. The highest BCUT2D eigenvalue weighted by Crippen LogP contribution is 2.31. The van der Waals surface area contributed by atoms with Gasteiger partial charge < -0.3 is 5.11 Å². The van der Waals surface area contributed by atoms with Crippen LogP contribution in [0.25, 0.3) is 0 Å². The van der Waals surface area contributed by atoms with Crippen LogP contribution in [0.5, 0.6) is 0 Å². The second-order valence-corrected chi connectivity index (χ2v) is 10.8. The van der Waals surface area contributed by atoms with Gasteiger partial charge in [-0.15, -0.1) is 0 Å². The highest BCUT2D eigenvalue weighted by Gasteiger charge is 2.23. The molecule has 1 atom stereocenters. The van der Waals surface area contributed by atoms with Crippen LogP contribution in [-0.2, 0) is 21.2 Å². The van der Waals surface area contributed by atoms with Crippen molar-refractivity contribution in [3.63, 3.8) is 0 Å². The lowest BCUT2D eigenvalue weighted by Crippen LogP contribution is -2.29. The number of carboxylic acids is 1. The molecule has 0 heterocycles. The van der Waals surface area contributed by atoms with Crippen molar-refractivity contribution in [3.8, 4) is 0 Å². The molecule has 5 nitrogen and oxygen atoms in total. The first-order valence-electron chi connectivity index (χ1n) is 11.4. The fourth-order valence-corrected chi connectivity index (χ4v) is 5.79. The summed E-state index contributed by atoms with van der Waals surface area (Å²) in [5.41, 5.74) is 1.99. The van der Waals surface area contributed by atoms with E-state index >= 15 is 0 Å². The molecular weight excluding hydrogens is 446 g/mol. The predicted molar refractivity (Wildman–Crippen MR) is 127 cm³/mol. The third kappa shape index (κ3) is 7.61. The number of hydrogen-bond donors (Lipinski definition) is 2. The number of halogens is 1. The van der Waals surface area contributed by atoms with Crippen LogP contribution in [-0.4, -0.2) is 19.5 Å². The van der Waals surface area contributed by atoms with E-state index in [4.69, 9.17) is 16.7 Å². The molecule has 0 bridgehead atoms. The van der Waals surface area contributed by atoms with Crippen LogP contribution in [0.4, 0.5) is 0 Å². The average Bonchev–Trinajstić information content (AvgIpc) is 2.78. The molecule has 0 radical (unpaired) electrons. The Bertz CT molecular complexity index is 968. The van der Waals surface area contributed by atoms with E-state index < -0.39 is 16.0 Å². The molecule has 0 amide bonds. The van der Waals surface area contributed by atoms with Gasteiger partial charge in [0.1, 0.15) is 0 Å². The summed E-state index contributed by atoms with van der Waals surface area (Å²) in [7, 11) is -3.69. The molecule has 1 fully saturated rings. The summed E-state index contributed by atoms with van der Waals surface area (Å²) in [5, 5.41) is 9.32. The Hall–Kier alpha value is -1.89. The molecule has 1 saturated carbocycles. The standard InChI is InChI=1S/C25H32ClNO4S/c26-22-14-16-23(17-15-22)32(30,31)27-24(18-11-19-5-2-1-3-6-19)21-12-9-20(10-13-21)7-4-8-25(28)29/h9-10,12-17,19,24,27H,1-8,11,18H2,(H,28,29). The summed E-state index contributed by atoms with van der Waals surface area (Å²) in [6.45, 7) is 0. The molecule has 2 aromatic carbocycles. The molecule has 0 aliphatic heterocycles. The summed E-state index contributed by atoms with van der Waals surface area (Å²) >= 11 is 5.92. The van der Waals surface area contributed by atoms with Crippen molar-refractivity contribution in [1.29, 1.82) is 0 Å². The monoisotopic (exact) mass is 477 g/mol. The zero-order valence-corrected chi connectivity index (χ0v) is 19.9. The van der Waals surface area contributed by atoms with Gasteiger partial charge in [-0.1, -0.05) is 68.0 Å². The van der Waals surface area contributed by atoms with Crippen molar-refractivity contribution in [2.75, 3.05) is 0 Å². The van der Waals surface area contributed by atoms with Crippen molar-refractivity contribution < 1.29 is 18.3 Å². The molecule has 1 aliphatic rings. The van der Waals surface area contributed by atoms with Gasteiger partial charge in [-0.25, -0.2) is 13.1 Å². The average molecular weight is 478 g/mol. The number of nitrogens with one attached hydrogen (secondary N) is 1. The third-order valence-electron chi connectivity index (χ3n) is 6.25. The minimum atomic E-state index is -3.69. The second-order valence-electron chi connectivity index (χ2n) is 8.70. The van der Waals surface area contributed by atoms with Gasteiger partial charge in [0.05, 0.1) is 4.90 Å². The van der Waals surface area contributed by atoms with E-state index in [9.17, 15) is 13.2 Å². The first kappa shape index (κ1) is 24.7. The van der Waals surface area contributed by atoms with Gasteiger partial charge in [-0.3, -0.25) is 4.79 Å². The first-order valence-corrected chi connectivity index (χ1v) is 13.3. The highest BCUT2D eigenvalue weighted by atomic mass is 35.5. The number of benzene rings is 2. The van der Waals surface area contributed by atoms with E-state index in [0.717, 1.165) is 24.0 Å². The van der Waals surface area contributed by atoms with Crippen LogP contribution in [0.3, 0.4) is 0 Å². The van der Waals surface area contributed by atoms with Gasteiger partial charge in [0.25, 0.3) is 0 Å². The number of aryl methyl sites for hydroxylation is 1. The zero-order chi connectivity index (χ0) is 23.0. The van der Waals surface area contributed by atoms with Crippen molar-refractivity contribution in [1.82, 2.24) is 4.72 Å². The number of aliphatic carboxylic acids is 1. The maximum Gasteiger partial charge on any atom is 0.303 e. The van der Waals surface area contributed by atoms with Crippen LogP contribution in [0, 0.1) is 5.92 Å². The lowest BCUT2D eigenvalue weighted by molar-refractivity contribution is -0.137. The lowest BCUT2D eigenvalue weighted by Gasteiger charge is -2.25. The number of sulfonamides is 1. The quantitative estimate of drug-likeness (QED) is 0.408.